The second-order valence-electron chi connectivity index (χ2n) is 3.68. The number of rotatable bonds is 4. The molecule has 102 valence electrons. The highest BCUT2D eigenvalue weighted by Gasteiger charge is 2.34. The number of hydrogen-bond donors (Lipinski definition) is 0. The molecule has 0 saturated heterocycles. The van der Waals surface area contributed by atoms with Crippen LogP contribution in [-0.2, 0) is 0 Å². The second kappa shape index (κ2) is 6.82. The fourth-order valence-corrected chi connectivity index (χ4v) is 1.37. The van der Waals surface area contributed by atoms with Crippen LogP contribution in [0.15, 0.2) is 40.3 Å². The molecule has 0 atom stereocenters. The standard InChI is InChI=1S/C13H13F3N2O/c1-17-12(13(14,15)16)18-9-5-8-11(19)10-6-3-2-4-7-10/h2-4,6-7,9H,5,8H2,1H3/b17-12-,18-9-. The number of carbonyl (C=O) groups is 1. The number of nitrogens with zero attached hydrogens (tertiary/aromatic N) is 2. The second-order valence-corrected chi connectivity index (χ2v) is 3.68. The van der Waals surface area contributed by atoms with Crippen molar-refractivity contribution in [3.05, 3.63) is 35.9 Å². The van der Waals surface area contributed by atoms with Crippen molar-refractivity contribution >= 4 is 17.8 Å². The van der Waals surface area contributed by atoms with Crippen LogP contribution in [0.25, 0.3) is 0 Å². The Balaban J connectivity index is 2.49. The lowest BCUT2D eigenvalue weighted by Crippen LogP contribution is -2.20. The van der Waals surface area contributed by atoms with Gasteiger partial charge in [0.1, 0.15) is 0 Å². The average molecular weight is 270 g/mol. The summed E-state index contributed by atoms with van der Waals surface area (Å²) < 4.78 is 36.8. The number of halogens is 3. The van der Waals surface area contributed by atoms with Crippen molar-refractivity contribution in [2.45, 2.75) is 19.0 Å². The molecule has 1 aromatic carbocycles. The van der Waals surface area contributed by atoms with Crippen LogP contribution in [0.5, 0.6) is 0 Å². The van der Waals surface area contributed by atoms with Crippen LogP contribution in [0.4, 0.5) is 13.2 Å². The molecule has 0 amide bonds. The number of hydrogen-bond acceptors (Lipinski definition) is 2. The Morgan fingerprint density at radius 2 is 1.89 bits per heavy atom. The Hall–Kier alpha value is -1.98. The van der Waals surface area contributed by atoms with Gasteiger partial charge in [0.2, 0.25) is 5.84 Å². The number of aliphatic imine (C=N–C) groups is 2. The summed E-state index contributed by atoms with van der Waals surface area (Å²) in [7, 11) is 1.02. The molecule has 19 heavy (non-hydrogen) atoms. The van der Waals surface area contributed by atoms with Gasteiger partial charge in [0, 0.05) is 25.2 Å². The van der Waals surface area contributed by atoms with Crippen LogP contribution in [-0.4, -0.2) is 31.1 Å². The minimum Gasteiger partial charge on any atom is -0.294 e. The molecule has 0 spiro atoms. The van der Waals surface area contributed by atoms with Crippen LogP contribution in [0, 0.1) is 0 Å². The van der Waals surface area contributed by atoms with Crippen molar-refractivity contribution in [3.8, 4) is 0 Å². The Morgan fingerprint density at radius 1 is 1.26 bits per heavy atom. The third kappa shape index (κ3) is 5.03. The molecule has 6 heteroatoms. The van der Waals surface area contributed by atoms with Crippen molar-refractivity contribution in [3.63, 3.8) is 0 Å². The van der Waals surface area contributed by atoms with E-state index in [0.29, 0.717) is 5.56 Å². The Morgan fingerprint density at radius 3 is 2.42 bits per heavy atom. The first kappa shape index (κ1) is 15.1. The molecule has 0 fully saturated rings. The molecule has 0 aromatic heterocycles. The summed E-state index contributed by atoms with van der Waals surface area (Å²) in [5.74, 6) is -1.33. The predicted octanol–water partition coefficient (Wildman–Crippen LogP) is 3.31. The highest BCUT2D eigenvalue weighted by atomic mass is 19.4. The molecule has 0 radical (unpaired) electrons. The smallest absolute Gasteiger partial charge is 0.294 e. The van der Waals surface area contributed by atoms with Crippen molar-refractivity contribution in [1.82, 2.24) is 0 Å². The fraction of sp³-hybridized carbons (Fsp3) is 0.308. The summed E-state index contributed by atoms with van der Waals surface area (Å²) in [6, 6.07) is 8.56. The highest BCUT2D eigenvalue weighted by molar-refractivity contribution is 5.98. The Bertz CT molecular complexity index is 478. The quantitative estimate of drug-likeness (QED) is 0.470. The summed E-state index contributed by atoms with van der Waals surface area (Å²) in [5, 5.41) is 0. The molecule has 0 aliphatic carbocycles. The number of benzene rings is 1. The summed E-state index contributed by atoms with van der Waals surface area (Å²) in [4.78, 5) is 17.9. The lowest BCUT2D eigenvalue weighted by Gasteiger charge is -2.03. The van der Waals surface area contributed by atoms with Crippen LogP contribution < -0.4 is 0 Å². The molecule has 3 nitrogen and oxygen atoms in total. The van der Waals surface area contributed by atoms with Gasteiger partial charge in [-0.05, 0) is 6.42 Å². The molecule has 0 saturated carbocycles. The van der Waals surface area contributed by atoms with E-state index in [1.807, 2.05) is 0 Å². The first-order valence-electron chi connectivity index (χ1n) is 5.60. The molecule has 0 aliphatic rings. The van der Waals surface area contributed by atoms with E-state index in [-0.39, 0.29) is 18.6 Å². The zero-order chi connectivity index (χ0) is 14.3. The maximum atomic E-state index is 12.3. The SMILES string of the molecule is C/N=C(\N=C/CCC(=O)c1ccccc1)C(F)(F)F. The third-order valence-corrected chi connectivity index (χ3v) is 2.28. The lowest BCUT2D eigenvalue weighted by atomic mass is 10.1. The van der Waals surface area contributed by atoms with Gasteiger partial charge in [-0.15, -0.1) is 0 Å². The first-order valence-corrected chi connectivity index (χ1v) is 5.60. The van der Waals surface area contributed by atoms with E-state index < -0.39 is 12.0 Å². The molecular weight excluding hydrogens is 257 g/mol. The van der Waals surface area contributed by atoms with E-state index >= 15 is 0 Å². The fourth-order valence-electron chi connectivity index (χ4n) is 1.37. The molecule has 1 rings (SSSR count). The van der Waals surface area contributed by atoms with E-state index in [1.54, 1.807) is 30.3 Å². The predicted molar refractivity (Wildman–Crippen MR) is 67.9 cm³/mol. The summed E-state index contributed by atoms with van der Waals surface area (Å²) in [6.07, 6.45) is -3.24. The van der Waals surface area contributed by atoms with Gasteiger partial charge in [-0.2, -0.15) is 13.2 Å². The van der Waals surface area contributed by atoms with Crippen molar-refractivity contribution in [1.29, 1.82) is 0 Å². The van der Waals surface area contributed by atoms with Crippen LogP contribution in [0.1, 0.15) is 23.2 Å². The normalized spacial score (nSPS) is 12.9. The number of Topliss-reactive ketones (excluding diaryl/α,β-unsaturated/α-hetero) is 1. The van der Waals surface area contributed by atoms with Gasteiger partial charge in [0.25, 0.3) is 0 Å². The molecule has 0 unspecified atom stereocenters. The molecule has 0 aliphatic heterocycles. The number of alkyl halides is 3. The maximum absolute atomic E-state index is 12.3. The van der Waals surface area contributed by atoms with Crippen LogP contribution in [0.2, 0.25) is 0 Å². The van der Waals surface area contributed by atoms with E-state index in [0.717, 1.165) is 13.3 Å². The van der Waals surface area contributed by atoms with Crippen molar-refractivity contribution in [2.75, 3.05) is 7.05 Å². The largest absolute Gasteiger partial charge is 0.451 e. The van der Waals surface area contributed by atoms with Gasteiger partial charge in [0.05, 0.1) is 0 Å². The van der Waals surface area contributed by atoms with Gasteiger partial charge in [-0.25, -0.2) is 4.99 Å². The Kier molecular flexibility index (Phi) is 5.41. The van der Waals surface area contributed by atoms with Crippen molar-refractivity contribution in [2.24, 2.45) is 9.98 Å². The minimum atomic E-state index is -4.56. The van der Waals surface area contributed by atoms with E-state index in [2.05, 4.69) is 9.98 Å². The van der Waals surface area contributed by atoms with Gasteiger partial charge in [0.15, 0.2) is 5.78 Å². The van der Waals surface area contributed by atoms with Gasteiger partial charge < -0.3 is 0 Å². The van der Waals surface area contributed by atoms with Gasteiger partial charge in [-0.3, -0.25) is 9.79 Å². The van der Waals surface area contributed by atoms with Crippen LogP contribution >= 0.6 is 0 Å². The van der Waals surface area contributed by atoms with E-state index in [9.17, 15) is 18.0 Å². The molecule has 0 heterocycles. The first-order chi connectivity index (χ1) is 8.95. The van der Waals surface area contributed by atoms with E-state index in [4.69, 9.17) is 0 Å². The molecule has 0 N–H and O–H groups in total. The third-order valence-electron chi connectivity index (χ3n) is 2.28. The zero-order valence-corrected chi connectivity index (χ0v) is 10.3. The average Bonchev–Trinajstić information content (AvgIpc) is 2.38. The summed E-state index contributed by atoms with van der Waals surface area (Å²) in [5.41, 5.74) is 0.538. The summed E-state index contributed by atoms with van der Waals surface area (Å²) in [6.45, 7) is 0. The van der Waals surface area contributed by atoms with E-state index in [1.165, 1.54) is 0 Å². The summed E-state index contributed by atoms with van der Waals surface area (Å²) >= 11 is 0. The van der Waals surface area contributed by atoms with Crippen molar-refractivity contribution < 1.29 is 18.0 Å². The maximum Gasteiger partial charge on any atom is 0.451 e. The van der Waals surface area contributed by atoms with Crippen LogP contribution in [0.3, 0.4) is 0 Å². The monoisotopic (exact) mass is 270 g/mol. The molecule has 1 aromatic rings. The molecular formula is C13H13F3N2O. The Labute approximate surface area is 108 Å². The minimum absolute atomic E-state index is 0.113. The number of carbonyl (C=O) groups excluding carboxylic acids is 1. The molecule has 0 bridgehead atoms. The topological polar surface area (TPSA) is 41.8 Å². The number of amidine groups is 1. The van der Waals surface area contributed by atoms with Gasteiger partial charge >= 0.3 is 6.18 Å². The number of ketones is 1. The zero-order valence-electron chi connectivity index (χ0n) is 10.3. The highest BCUT2D eigenvalue weighted by Crippen LogP contribution is 2.17. The lowest BCUT2D eigenvalue weighted by molar-refractivity contribution is -0.0597. The van der Waals surface area contributed by atoms with Gasteiger partial charge in [-0.1, -0.05) is 30.3 Å².